The largest absolute Gasteiger partial charge is 0.507 e. The van der Waals surface area contributed by atoms with Gasteiger partial charge in [0.25, 0.3) is 0 Å². The molecule has 2 aromatic carbocycles. The summed E-state index contributed by atoms with van der Waals surface area (Å²) in [4.78, 5) is 11.4. The molecule has 0 aliphatic heterocycles. The number of halogens is 1. The normalized spacial score (nSPS) is 10.1. The van der Waals surface area contributed by atoms with Crippen molar-refractivity contribution in [2.24, 2.45) is 0 Å². The number of methoxy groups -OCH3 is 1. The van der Waals surface area contributed by atoms with Gasteiger partial charge in [-0.3, -0.25) is 0 Å². The highest BCUT2D eigenvalue weighted by Gasteiger charge is 2.15. The van der Waals surface area contributed by atoms with Gasteiger partial charge in [0.2, 0.25) is 0 Å². The second-order valence-electron chi connectivity index (χ2n) is 4.07. The fourth-order valence-electron chi connectivity index (χ4n) is 1.66. The Kier molecular flexibility index (Phi) is 4.63. The Balaban J connectivity index is 2.17. The summed E-state index contributed by atoms with van der Waals surface area (Å²) < 4.78 is 10.8. The second-order valence-corrected chi connectivity index (χ2v) is 4.92. The van der Waals surface area contributed by atoms with Gasteiger partial charge < -0.3 is 14.6 Å². The van der Waals surface area contributed by atoms with Gasteiger partial charge in [-0.15, -0.1) is 0 Å². The van der Waals surface area contributed by atoms with E-state index in [-0.39, 0.29) is 11.3 Å². The molecule has 0 aromatic heterocycles. The summed E-state index contributed by atoms with van der Waals surface area (Å²) in [6, 6.07) is 12.5. The monoisotopic (exact) mass is 336 g/mol. The quantitative estimate of drug-likeness (QED) is 0.868. The predicted molar refractivity (Wildman–Crippen MR) is 77.9 cm³/mol. The van der Waals surface area contributed by atoms with Crippen molar-refractivity contribution in [3.8, 4) is 11.5 Å². The van der Waals surface area contributed by atoms with Crippen molar-refractivity contribution in [3.05, 3.63) is 58.1 Å². The van der Waals surface area contributed by atoms with E-state index >= 15 is 0 Å². The molecule has 0 fully saturated rings. The lowest BCUT2D eigenvalue weighted by Crippen LogP contribution is -2.03. The van der Waals surface area contributed by atoms with E-state index in [1.54, 1.807) is 0 Å². The molecule has 2 rings (SSSR count). The zero-order chi connectivity index (χ0) is 14.5. The Hall–Kier alpha value is -2.01. The molecule has 0 atom stereocenters. The SMILES string of the molecule is COC(=O)c1cc(Br)c(OCc2ccccc2)cc1O. The van der Waals surface area contributed by atoms with Gasteiger partial charge in [0.15, 0.2) is 0 Å². The van der Waals surface area contributed by atoms with E-state index in [1.807, 2.05) is 30.3 Å². The summed E-state index contributed by atoms with van der Waals surface area (Å²) in [5.74, 6) is -0.320. The van der Waals surface area contributed by atoms with Crippen LogP contribution in [0, 0.1) is 0 Å². The molecule has 5 heteroatoms. The molecule has 0 aliphatic carbocycles. The van der Waals surface area contributed by atoms with Crippen molar-refractivity contribution in [3.63, 3.8) is 0 Å². The number of aromatic hydroxyl groups is 1. The molecule has 104 valence electrons. The number of hydrogen-bond acceptors (Lipinski definition) is 4. The highest BCUT2D eigenvalue weighted by Crippen LogP contribution is 2.33. The van der Waals surface area contributed by atoms with Crippen LogP contribution in [0.1, 0.15) is 15.9 Å². The lowest BCUT2D eigenvalue weighted by atomic mass is 10.2. The lowest BCUT2D eigenvalue weighted by molar-refractivity contribution is 0.0597. The molecule has 0 saturated carbocycles. The molecule has 0 saturated heterocycles. The molecule has 0 aliphatic rings. The van der Waals surface area contributed by atoms with Crippen molar-refractivity contribution < 1.29 is 19.4 Å². The van der Waals surface area contributed by atoms with Crippen LogP contribution in [0.15, 0.2) is 46.9 Å². The standard InChI is InChI=1S/C15H13BrO4/c1-19-15(18)11-7-12(16)14(8-13(11)17)20-9-10-5-3-2-4-6-10/h2-8,17H,9H2,1H3. The third-order valence-electron chi connectivity index (χ3n) is 2.69. The summed E-state index contributed by atoms with van der Waals surface area (Å²) in [7, 11) is 1.26. The van der Waals surface area contributed by atoms with Crippen LogP contribution >= 0.6 is 15.9 Å². The van der Waals surface area contributed by atoms with E-state index in [2.05, 4.69) is 20.7 Å². The van der Waals surface area contributed by atoms with Crippen molar-refractivity contribution in [2.45, 2.75) is 6.61 Å². The number of esters is 1. The number of rotatable bonds is 4. The fourth-order valence-corrected chi connectivity index (χ4v) is 2.12. The van der Waals surface area contributed by atoms with E-state index in [0.29, 0.717) is 16.8 Å². The van der Waals surface area contributed by atoms with E-state index in [1.165, 1.54) is 19.2 Å². The highest BCUT2D eigenvalue weighted by atomic mass is 79.9. The number of phenolic OH excluding ortho intramolecular Hbond substituents is 1. The third kappa shape index (κ3) is 3.30. The number of ether oxygens (including phenoxy) is 2. The van der Waals surface area contributed by atoms with Crippen LogP contribution in [0.4, 0.5) is 0 Å². The van der Waals surface area contributed by atoms with Gasteiger partial charge in [0, 0.05) is 6.07 Å². The molecule has 0 spiro atoms. The smallest absolute Gasteiger partial charge is 0.341 e. The first-order chi connectivity index (χ1) is 9.61. The topological polar surface area (TPSA) is 55.8 Å². The van der Waals surface area contributed by atoms with Crippen molar-refractivity contribution in [2.75, 3.05) is 7.11 Å². The minimum absolute atomic E-state index is 0.0893. The van der Waals surface area contributed by atoms with Crippen LogP contribution in [-0.2, 0) is 11.3 Å². The Morgan fingerprint density at radius 1 is 1.25 bits per heavy atom. The van der Waals surface area contributed by atoms with Crippen LogP contribution in [0.25, 0.3) is 0 Å². The number of carbonyl (C=O) groups excluding carboxylic acids is 1. The number of benzene rings is 2. The minimum atomic E-state index is -0.599. The molecule has 0 bridgehead atoms. The van der Waals surface area contributed by atoms with E-state index in [4.69, 9.17) is 4.74 Å². The molecule has 1 N–H and O–H groups in total. The van der Waals surface area contributed by atoms with Crippen LogP contribution in [-0.4, -0.2) is 18.2 Å². The first-order valence-electron chi connectivity index (χ1n) is 5.89. The van der Waals surface area contributed by atoms with Crippen LogP contribution in [0.3, 0.4) is 0 Å². The van der Waals surface area contributed by atoms with E-state index < -0.39 is 5.97 Å². The van der Waals surface area contributed by atoms with Gasteiger partial charge >= 0.3 is 5.97 Å². The molecule has 0 radical (unpaired) electrons. The molecule has 0 unspecified atom stereocenters. The Bertz CT molecular complexity index is 611. The summed E-state index contributed by atoms with van der Waals surface area (Å²) in [5.41, 5.74) is 1.10. The van der Waals surface area contributed by atoms with Crippen molar-refractivity contribution in [1.29, 1.82) is 0 Å². The van der Waals surface area contributed by atoms with Crippen molar-refractivity contribution in [1.82, 2.24) is 0 Å². The van der Waals surface area contributed by atoms with Gasteiger partial charge in [0.1, 0.15) is 23.7 Å². The molecule has 20 heavy (non-hydrogen) atoms. The molecule has 0 amide bonds. The van der Waals surface area contributed by atoms with Gasteiger partial charge in [0.05, 0.1) is 11.6 Å². The number of phenols is 1. The Labute approximate surface area is 125 Å². The van der Waals surface area contributed by atoms with Crippen LogP contribution < -0.4 is 4.74 Å². The summed E-state index contributed by atoms with van der Waals surface area (Å²) in [6.45, 7) is 0.371. The lowest BCUT2D eigenvalue weighted by Gasteiger charge is -2.11. The Morgan fingerprint density at radius 2 is 1.95 bits per heavy atom. The molecule has 4 nitrogen and oxygen atoms in total. The fraction of sp³-hybridized carbons (Fsp3) is 0.133. The summed E-state index contributed by atoms with van der Waals surface area (Å²) in [5, 5.41) is 9.81. The molecule has 2 aromatic rings. The predicted octanol–water partition coefficient (Wildman–Crippen LogP) is 3.52. The molecular weight excluding hydrogens is 324 g/mol. The zero-order valence-corrected chi connectivity index (χ0v) is 12.4. The molecular formula is C15H13BrO4. The maximum Gasteiger partial charge on any atom is 0.341 e. The first-order valence-corrected chi connectivity index (χ1v) is 6.68. The summed E-state index contributed by atoms with van der Waals surface area (Å²) in [6.07, 6.45) is 0. The average Bonchev–Trinajstić information content (AvgIpc) is 2.48. The number of carbonyl (C=O) groups is 1. The van der Waals surface area contributed by atoms with Gasteiger partial charge in [-0.05, 0) is 27.6 Å². The highest BCUT2D eigenvalue weighted by molar-refractivity contribution is 9.10. The second kappa shape index (κ2) is 6.43. The van der Waals surface area contributed by atoms with Gasteiger partial charge in [-0.2, -0.15) is 0 Å². The average molecular weight is 337 g/mol. The van der Waals surface area contributed by atoms with Gasteiger partial charge in [-0.1, -0.05) is 30.3 Å². The number of hydrogen-bond donors (Lipinski definition) is 1. The van der Waals surface area contributed by atoms with E-state index in [0.717, 1.165) is 5.56 Å². The van der Waals surface area contributed by atoms with Gasteiger partial charge in [-0.25, -0.2) is 4.79 Å². The first kappa shape index (κ1) is 14.4. The summed E-state index contributed by atoms with van der Waals surface area (Å²) >= 11 is 3.31. The Morgan fingerprint density at radius 3 is 2.60 bits per heavy atom. The third-order valence-corrected chi connectivity index (χ3v) is 3.31. The molecule has 0 heterocycles. The minimum Gasteiger partial charge on any atom is -0.507 e. The maximum atomic E-state index is 11.4. The maximum absolute atomic E-state index is 11.4. The zero-order valence-electron chi connectivity index (χ0n) is 10.8. The van der Waals surface area contributed by atoms with E-state index in [9.17, 15) is 9.90 Å². The van der Waals surface area contributed by atoms with Crippen molar-refractivity contribution >= 4 is 21.9 Å². The van der Waals surface area contributed by atoms with Crippen LogP contribution in [0.5, 0.6) is 11.5 Å². The van der Waals surface area contributed by atoms with Crippen LogP contribution in [0.2, 0.25) is 0 Å².